The normalized spacial score (nSPS) is 18.1. The minimum Gasteiger partial charge on any atom is -0.326 e. The predicted octanol–water partition coefficient (Wildman–Crippen LogP) is 3.63. The van der Waals surface area contributed by atoms with Crippen LogP contribution in [-0.2, 0) is 21.4 Å². The highest BCUT2D eigenvalue weighted by Gasteiger charge is 2.33. The monoisotopic (exact) mass is 435 g/mol. The molecule has 1 N–H and O–H groups in total. The number of amides is 1. The number of hydrogen-bond donors (Lipinski definition) is 1. The minimum absolute atomic E-state index is 0.118. The molecular formula is C21H29N3O3S2. The number of thiophene rings is 1. The van der Waals surface area contributed by atoms with Crippen molar-refractivity contribution in [1.82, 2.24) is 9.21 Å². The molecule has 1 fully saturated rings. The number of nitrogens with zero attached hydrogens (tertiary/aromatic N) is 2. The quantitative estimate of drug-likeness (QED) is 0.687. The lowest BCUT2D eigenvalue weighted by atomic mass is 9.98. The molecule has 1 aromatic carbocycles. The van der Waals surface area contributed by atoms with E-state index in [-0.39, 0.29) is 18.4 Å². The first kappa shape index (κ1) is 22.0. The molecule has 0 saturated carbocycles. The van der Waals surface area contributed by atoms with E-state index in [0.717, 1.165) is 25.3 Å². The molecule has 1 aromatic heterocycles. The highest BCUT2D eigenvalue weighted by atomic mass is 32.2. The number of benzene rings is 1. The van der Waals surface area contributed by atoms with Gasteiger partial charge in [-0.3, -0.25) is 9.69 Å². The van der Waals surface area contributed by atoms with E-state index in [1.807, 2.05) is 24.3 Å². The van der Waals surface area contributed by atoms with Crippen LogP contribution in [0.15, 0.2) is 46.0 Å². The maximum absolute atomic E-state index is 12.8. The van der Waals surface area contributed by atoms with Crippen molar-refractivity contribution in [2.75, 3.05) is 31.5 Å². The summed E-state index contributed by atoms with van der Waals surface area (Å²) in [7, 11) is -3.51. The van der Waals surface area contributed by atoms with E-state index >= 15 is 0 Å². The van der Waals surface area contributed by atoms with Gasteiger partial charge in [0.25, 0.3) is 10.0 Å². The molecule has 6 nitrogen and oxygen atoms in total. The third kappa shape index (κ3) is 5.45. The number of piperidine rings is 1. The summed E-state index contributed by atoms with van der Waals surface area (Å²) in [6.07, 6.45) is 1.38. The second-order valence-electron chi connectivity index (χ2n) is 7.28. The summed E-state index contributed by atoms with van der Waals surface area (Å²) in [6.45, 7) is 7.87. The molecule has 0 bridgehead atoms. The largest absolute Gasteiger partial charge is 0.326 e. The summed E-state index contributed by atoms with van der Waals surface area (Å²) < 4.78 is 27.3. The van der Waals surface area contributed by atoms with Crippen LogP contribution in [0.4, 0.5) is 5.69 Å². The number of anilines is 1. The lowest BCUT2D eigenvalue weighted by Gasteiger charge is -2.30. The average molecular weight is 436 g/mol. The van der Waals surface area contributed by atoms with Crippen molar-refractivity contribution in [3.63, 3.8) is 0 Å². The fourth-order valence-electron chi connectivity index (χ4n) is 3.56. The van der Waals surface area contributed by atoms with Crippen LogP contribution in [0, 0.1) is 5.92 Å². The van der Waals surface area contributed by atoms with Gasteiger partial charge in [0, 0.05) is 25.3 Å². The van der Waals surface area contributed by atoms with E-state index < -0.39 is 10.0 Å². The van der Waals surface area contributed by atoms with E-state index in [2.05, 4.69) is 24.1 Å². The molecule has 2 heterocycles. The Hall–Kier alpha value is -1.74. The van der Waals surface area contributed by atoms with Crippen molar-refractivity contribution in [2.24, 2.45) is 5.92 Å². The maximum Gasteiger partial charge on any atom is 0.252 e. The lowest BCUT2D eigenvalue weighted by Crippen LogP contribution is -2.43. The second-order valence-corrected chi connectivity index (χ2v) is 10.4. The summed E-state index contributed by atoms with van der Waals surface area (Å²) in [4.78, 5) is 15.1. The predicted molar refractivity (Wildman–Crippen MR) is 117 cm³/mol. The fraction of sp³-hybridized carbons (Fsp3) is 0.476. The Balaban J connectivity index is 1.60. The number of sulfonamides is 1. The van der Waals surface area contributed by atoms with Crippen molar-refractivity contribution < 1.29 is 13.2 Å². The van der Waals surface area contributed by atoms with Crippen LogP contribution >= 0.6 is 11.3 Å². The number of carbonyl (C=O) groups is 1. The summed E-state index contributed by atoms with van der Waals surface area (Å²) >= 11 is 1.21. The zero-order valence-corrected chi connectivity index (χ0v) is 18.6. The standard InChI is InChI=1S/C21H29N3O3S2/c1-3-23(4-2)15-17-9-11-19(12-10-17)22-21(25)18-7-5-13-24(16-18)29(26,27)20-8-6-14-28-20/h6,8-12,14,18H,3-5,7,13,15-16H2,1-2H3,(H,22,25). The molecule has 1 aliphatic heterocycles. The molecule has 1 unspecified atom stereocenters. The highest BCUT2D eigenvalue weighted by molar-refractivity contribution is 7.91. The topological polar surface area (TPSA) is 69.7 Å². The van der Waals surface area contributed by atoms with Crippen LogP contribution in [0.2, 0.25) is 0 Å². The molecule has 2 aromatic rings. The Morgan fingerprint density at radius 2 is 1.93 bits per heavy atom. The molecule has 29 heavy (non-hydrogen) atoms. The van der Waals surface area contributed by atoms with Crippen molar-refractivity contribution in [1.29, 1.82) is 0 Å². The van der Waals surface area contributed by atoms with Crippen LogP contribution in [0.1, 0.15) is 32.3 Å². The Kier molecular flexibility index (Phi) is 7.45. The van der Waals surface area contributed by atoms with Gasteiger partial charge < -0.3 is 5.32 Å². The molecule has 0 radical (unpaired) electrons. The van der Waals surface area contributed by atoms with Crippen LogP contribution < -0.4 is 5.32 Å². The van der Waals surface area contributed by atoms with Crippen LogP contribution in [0.25, 0.3) is 0 Å². The Labute approximate surface area is 177 Å². The Morgan fingerprint density at radius 3 is 2.55 bits per heavy atom. The van der Waals surface area contributed by atoms with Crippen molar-refractivity contribution in [2.45, 2.75) is 37.4 Å². The van der Waals surface area contributed by atoms with E-state index in [1.54, 1.807) is 17.5 Å². The first-order valence-electron chi connectivity index (χ1n) is 10.1. The highest BCUT2D eigenvalue weighted by Crippen LogP contribution is 2.27. The van der Waals surface area contributed by atoms with Crippen LogP contribution in [-0.4, -0.2) is 49.7 Å². The van der Waals surface area contributed by atoms with Gasteiger partial charge >= 0.3 is 0 Å². The zero-order valence-electron chi connectivity index (χ0n) is 17.0. The van der Waals surface area contributed by atoms with Crippen molar-refractivity contribution in [3.8, 4) is 0 Å². The minimum atomic E-state index is -3.51. The van der Waals surface area contributed by atoms with E-state index in [9.17, 15) is 13.2 Å². The molecule has 158 valence electrons. The molecule has 0 aliphatic carbocycles. The SMILES string of the molecule is CCN(CC)Cc1ccc(NC(=O)C2CCCN(S(=O)(=O)c3cccs3)C2)cc1. The third-order valence-corrected chi connectivity index (χ3v) is 8.60. The average Bonchev–Trinajstić information content (AvgIpc) is 3.29. The first-order valence-corrected chi connectivity index (χ1v) is 12.4. The third-order valence-electron chi connectivity index (χ3n) is 5.37. The molecule has 3 rings (SSSR count). The van der Waals surface area contributed by atoms with Gasteiger partial charge in [0.1, 0.15) is 4.21 Å². The number of hydrogen-bond acceptors (Lipinski definition) is 5. The van der Waals surface area contributed by atoms with Gasteiger partial charge in [-0.25, -0.2) is 8.42 Å². The molecule has 1 aliphatic rings. The molecule has 1 amide bonds. The molecule has 1 saturated heterocycles. The Morgan fingerprint density at radius 1 is 1.21 bits per heavy atom. The summed E-state index contributed by atoms with van der Waals surface area (Å²) in [6, 6.07) is 11.2. The summed E-state index contributed by atoms with van der Waals surface area (Å²) in [5, 5.41) is 4.71. The molecular weight excluding hydrogens is 406 g/mol. The second kappa shape index (κ2) is 9.84. The Bertz CT molecular complexity index is 892. The van der Waals surface area contributed by atoms with Crippen LogP contribution in [0.3, 0.4) is 0 Å². The van der Waals surface area contributed by atoms with E-state index in [4.69, 9.17) is 0 Å². The first-order chi connectivity index (χ1) is 13.9. The molecule has 8 heteroatoms. The van der Waals surface area contributed by atoms with E-state index in [0.29, 0.717) is 23.6 Å². The van der Waals surface area contributed by atoms with Gasteiger partial charge in [-0.15, -0.1) is 11.3 Å². The zero-order chi connectivity index (χ0) is 20.9. The smallest absolute Gasteiger partial charge is 0.252 e. The summed E-state index contributed by atoms with van der Waals surface area (Å²) in [5.74, 6) is -0.457. The van der Waals surface area contributed by atoms with Crippen LogP contribution in [0.5, 0.6) is 0 Å². The van der Waals surface area contributed by atoms with Gasteiger partial charge in [-0.2, -0.15) is 4.31 Å². The maximum atomic E-state index is 12.8. The fourth-order valence-corrected chi connectivity index (χ4v) is 6.22. The van der Waals surface area contributed by atoms with E-state index in [1.165, 1.54) is 21.2 Å². The number of nitrogens with one attached hydrogen (secondary N) is 1. The number of carbonyl (C=O) groups excluding carboxylic acids is 1. The van der Waals surface area contributed by atoms with Crippen molar-refractivity contribution in [3.05, 3.63) is 47.3 Å². The van der Waals surface area contributed by atoms with Gasteiger partial charge in [0.05, 0.1) is 5.92 Å². The molecule has 1 atom stereocenters. The van der Waals surface area contributed by atoms with Gasteiger partial charge in [0.15, 0.2) is 0 Å². The van der Waals surface area contributed by atoms with Crippen molar-refractivity contribution >= 4 is 33.0 Å². The lowest BCUT2D eigenvalue weighted by molar-refractivity contribution is -0.120. The number of rotatable bonds is 8. The van der Waals surface area contributed by atoms with Gasteiger partial charge in [-0.05, 0) is 55.1 Å². The summed E-state index contributed by atoms with van der Waals surface area (Å²) in [5.41, 5.74) is 1.95. The molecule has 0 spiro atoms. The van der Waals surface area contributed by atoms with Gasteiger partial charge in [0.2, 0.25) is 5.91 Å². The van der Waals surface area contributed by atoms with Gasteiger partial charge in [-0.1, -0.05) is 32.0 Å².